The normalized spacial score (nSPS) is 9.78. The monoisotopic (exact) mass is 353 g/mol. The fourth-order valence-electron chi connectivity index (χ4n) is 1.91. The van der Waals surface area contributed by atoms with Gasteiger partial charge < -0.3 is 16.0 Å². The van der Waals surface area contributed by atoms with E-state index in [4.69, 9.17) is 0 Å². The summed E-state index contributed by atoms with van der Waals surface area (Å²) in [6.07, 6.45) is 0. The average molecular weight is 354 g/mol. The maximum atomic E-state index is 12.0. The summed E-state index contributed by atoms with van der Waals surface area (Å²) in [5.41, 5.74) is 1.78. The summed E-state index contributed by atoms with van der Waals surface area (Å²) >= 11 is 1.35. The van der Waals surface area contributed by atoms with Crippen molar-refractivity contribution >= 4 is 41.2 Å². The van der Waals surface area contributed by atoms with Crippen LogP contribution in [0.5, 0.6) is 0 Å². The highest BCUT2D eigenvalue weighted by Gasteiger charge is 2.10. The number of benzene rings is 1. The summed E-state index contributed by atoms with van der Waals surface area (Å²) in [7, 11) is 0. The average Bonchev–Trinajstić information content (AvgIpc) is 3.06. The summed E-state index contributed by atoms with van der Waals surface area (Å²) in [4.78, 5) is 24.3. The highest BCUT2D eigenvalue weighted by molar-refractivity contribution is 7.12. The minimum absolute atomic E-state index is 0. The van der Waals surface area contributed by atoms with Crippen molar-refractivity contribution in [3.63, 3.8) is 0 Å². The molecule has 23 heavy (non-hydrogen) atoms. The molecule has 2 rings (SSSR count). The molecule has 0 fully saturated rings. The molecule has 0 bridgehead atoms. The van der Waals surface area contributed by atoms with E-state index in [1.807, 2.05) is 36.6 Å². The molecule has 7 heteroatoms. The summed E-state index contributed by atoms with van der Waals surface area (Å²) in [6.45, 7) is 3.53. The molecule has 1 heterocycles. The molecule has 124 valence electrons. The molecule has 0 unspecified atom stereocenters. The number of hydrogen-bond donors (Lipinski definition) is 3. The van der Waals surface area contributed by atoms with E-state index in [0.717, 1.165) is 17.8 Å². The Morgan fingerprint density at radius 2 is 1.91 bits per heavy atom. The fraction of sp³-hybridized carbons (Fsp3) is 0.250. The molecule has 3 N–H and O–H groups in total. The Kier molecular flexibility index (Phi) is 8.32. The van der Waals surface area contributed by atoms with Crippen molar-refractivity contribution in [2.75, 3.05) is 18.4 Å². The van der Waals surface area contributed by atoms with Gasteiger partial charge >= 0.3 is 0 Å². The van der Waals surface area contributed by atoms with Gasteiger partial charge in [-0.25, -0.2) is 0 Å². The minimum atomic E-state index is -0.242. The van der Waals surface area contributed by atoms with Gasteiger partial charge in [-0.05, 0) is 29.6 Å². The summed E-state index contributed by atoms with van der Waals surface area (Å²) < 4.78 is 0. The zero-order valence-electron chi connectivity index (χ0n) is 12.8. The van der Waals surface area contributed by atoms with Crippen LogP contribution in [0.2, 0.25) is 0 Å². The van der Waals surface area contributed by atoms with E-state index in [-0.39, 0.29) is 30.8 Å². The summed E-state index contributed by atoms with van der Waals surface area (Å²) in [6, 6.07) is 11.1. The molecule has 0 aliphatic rings. The van der Waals surface area contributed by atoms with Crippen molar-refractivity contribution in [3.8, 4) is 0 Å². The van der Waals surface area contributed by atoms with E-state index in [1.165, 1.54) is 11.3 Å². The number of para-hydroxylation sites is 1. The predicted molar refractivity (Wildman–Crippen MR) is 96.4 cm³/mol. The Morgan fingerprint density at radius 1 is 1.13 bits per heavy atom. The molecule has 0 saturated carbocycles. The topological polar surface area (TPSA) is 70.2 Å². The molecular formula is C16H20ClN3O2S. The molecule has 2 amide bonds. The van der Waals surface area contributed by atoms with Gasteiger partial charge in [-0.3, -0.25) is 9.59 Å². The van der Waals surface area contributed by atoms with Gasteiger partial charge in [0.25, 0.3) is 5.91 Å². The van der Waals surface area contributed by atoms with E-state index in [0.29, 0.717) is 11.4 Å². The van der Waals surface area contributed by atoms with Crippen LogP contribution in [0.1, 0.15) is 22.2 Å². The predicted octanol–water partition coefficient (Wildman–Crippen LogP) is 2.65. The number of hydrogen-bond acceptors (Lipinski definition) is 4. The van der Waals surface area contributed by atoms with Gasteiger partial charge in [0.15, 0.2) is 0 Å². The number of carbonyl (C=O) groups is 2. The van der Waals surface area contributed by atoms with Crippen LogP contribution in [0, 0.1) is 0 Å². The van der Waals surface area contributed by atoms with Gasteiger partial charge in [0, 0.05) is 12.2 Å². The zero-order chi connectivity index (χ0) is 15.8. The van der Waals surface area contributed by atoms with Gasteiger partial charge in [0.05, 0.1) is 11.4 Å². The van der Waals surface area contributed by atoms with Gasteiger partial charge in [-0.15, -0.1) is 23.7 Å². The van der Waals surface area contributed by atoms with Crippen LogP contribution in [-0.2, 0) is 11.3 Å². The van der Waals surface area contributed by atoms with E-state index in [2.05, 4.69) is 16.0 Å². The lowest BCUT2D eigenvalue weighted by atomic mass is 10.1. The number of amides is 2. The molecule has 0 radical (unpaired) electrons. The minimum Gasteiger partial charge on any atom is -0.342 e. The van der Waals surface area contributed by atoms with Crippen LogP contribution < -0.4 is 16.0 Å². The van der Waals surface area contributed by atoms with Gasteiger partial charge in [-0.2, -0.15) is 0 Å². The van der Waals surface area contributed by atoms with Crippen molar-refractivity contribution in [2.24, 2.45) is 0 Å². The van der Waals surface area contributed by atoms with Crippen molar-refractivity contribution < 1.29 is 9.59 Å². The Balaban J connectivity index is 0.00000264. The third-order valence-electron chi connectivity index (χ3n) is 3.01. The van der Waals surface area contributed by atoms with Crippen LogP contribution in [0.15, 0.2) is 41.8 Å². The van der Waals surface area contributed by atoms with E-state index < -0.39 is 0 Å². The van der Waals surface area contributed by atoms with E-state index >= 15 is 0 Å². The maximum absolute atomic E-state index is 12.0. The highest BCUT2D eigenvalue weighted by Crippen LogP contribution is 2.14. The molecule has 0 saturated heterocycles. The molecule has 1 aromatic heterocycles. The lowest BCUT2D eigenvalue weighted by Gasteiger charge is -2.11. The van der Waals surface area contributed by atoms with Crippen LogP contribution in [-0.4, -0.2) is 24.9 Å². The standard InChI is InChI=1S/C16H19N3O2S.ClH/c1-2-17-10-12-6-3-4-7-13(12)19-15(20)11-18-16(21)14-8-5-9-22-14;/h3-9,17H,2,10-11H2,1H3,(H,18,21)(H,19,20);1H. The second-order valence-corrected chi connectivity index (χ2v) is 5.59. The number of thiophene rings is 1. The zero-order valence-corrected chi connectivity index (χ0v) is 14.4. The SMILES string of the molecule is CCNCc1ccccc1NC(=O)CNC(=O)c1cccs1.Cl. The third kappa shape index (κ3) is 6.02. The Bertz CT molecular complexity index is 632. The first-order chi connectivity index (χ1) is 10.7. The number of nitrogens with one attached hydrogen (secondary N) is 3. The second kappa shape index (κ2) is 9.99. The molecule has 2 aromatic rings. The second-order valence-electron chi connectivity index (χ2n) is 4.65. The van der Waals surface area contributed by atoms with Crippen molar-refractivity contribution in [3.05, 3.63) is 52.2 Å². The van der Waals surface area contributed by atoms with Crippen LogP contribution in [0.4, 0.5) is 5.69 Å². The number of anilines is 1. The Morgan fingerprint density at radius 3 is 2.61 bits per heavy atom. The molecule has 0 spiro atoms. The number of halogens is 1. The molecule has 0 aliphatic carbocycles. The largest absolute Gasteiger partial charge is 0.342 e. The number of carbonyl (C=O) groups excluding carboxylic acids is 2. The molecular weight excluding hydrogens is 334 g/mol. The van der Waals surface area contributed by atoms with Crippen LogP contribution >= 0.6 is 23.7 Å². The first-order valence-corrected chi connectivity index (χ1v) is 7.99. The first kappa shape index (κ1) is 19.2. The van der Waals surface area contributed by atoms with Crippen molar-refractivity contribution in [1.29, 1.82) is 0 Å². The van der Waals surface area contributed by atoms with Crippen molar-refractivity contribution in [1.82, 2.24) is 10.6 Å². The quantitative estimate of drug-likeness (QED) is 0.716. The smallest absolute Gasteiger partial charge is 0.261 e. The fourth-order valence-corrected chi connectivity index (χ4v) is 2.55. The van der Waals surface area contributed by atoms with Gasteiger partial charge in [0.1, 0.15) is 0 Å². The van der Waals surface area contributed by atoms with Gasteiger partial charge in [0.2, 0.25) is 5.91 Å². The van der Waals surface area contributed by atoms with Crippen molar-refractivity contribution in [2.45, 2.75) is 13.5 Å². The van der Waals surface area contributed by atoms with Crippen LogP contribution in [0.25, 0.3) is 0 Å². The molecule has 0 atom stereocenters. The molecule has 1 aromatic carbocycles. The first-order valence-electron chi connectivity index (χ1n) is 7.11. The summed E-state index contributed by atoms with van der Waals surface area (Å²) in [5, 5.41) is 10.5. The molecule has 0 aliphatic heterocycles. The third-order valence-corrected chi connectivity index (χ3v) is 3.88. The lowest BCUT2D eigenvalue weighted by molar-refractivity contribution is -0.115. The highest BCUT2D eigenvalue weighted by atomic mass is 35.5. The Labute approximate surface area is 145 Å². The Hall–Kier alpha value is -1.89. The lowest BCUT2D eigenvalue weighted by Crippen LogP contribution is -2.32. The molecule has 5 nitrogen and oxygen atoms in total. The summed E-state index contributed by atoms with van der Waals surface area (Å²) in [5.74, 6) is -0.472. The van der Waals surface area contributed by atoms with Crippen LogP contribution in [0.3, 0.4) is 0 Å². The van der Waals surface area contributed by atoms with Gasteiger partial charge in [-0.1, -0.05) is 31.2 Å². The van der Waals surface area contributed by atoms with E-state index in [1.54, 1.807) is 12.1 Å². The number of rotatable bonds is 7. The maximum Gasteiger partial charge on any atom is 0.261 e. The van der Waals surface area contributed by atoms with E-state index in [9.17, 15) is 9.59 Å².